The normalized spacial score (nSPS) is 26.8. The summed E-state index contributed by atoms with van der Waals surface area (Å²) in [6.45, 7) is -1.49. The molecule has 0 fully saturated rings. The Bertz CT molecular complexity index is 127. The van der Waals surface area contributed by atoms with Gasteiger partial charge in [-0.3, -0.25) is 0 Å². The van der Waals surface area contributed by atoms with E-state index < -0.39 is 13.3 Å². The van der Waals surface area contributed by atoms with Gasteiger partial charge in [-0.05, 0) is 6.50 Å². The van der Waals surface area contributed by atoms with Crippen molar-refractivity contribution in [2.75, 3.05) is 6.50 Å². The summed E-state index contributed by atoms with van der Waals surface area (Å²) in [4.78, 5) is 0. The summed E-state index contributed by atoms with van der Waals surface area (Å²) >= 11 is 0. The minimum Gasteiger partial charge on any atom is -0.315 e. The number of nitrogens with one attached hydrogen (secondary N) is 1. The summed E-state index contributed by atoms with van der Waals surface area (Å²) in [5.74, 6) is 0. The quantitative estimate of drug-likeness (QED) is 0.536. The van der Waals surface area contributed by atoms with Gasteiger partial charge < -0.3 is 5.32 Å². The summed E-state index contributed by atoms with van der Waals surface area (Å²) in [7, 11) is 0. The smallest absolute Gasteiger partial charge is 0.0425 e. The zero-order valence-corrected chi connectivity index (χ0v) is 4.08. The second kappa shape index (κ2) is 3.16. The fourth-order valence-corrected chi connectivity index (χ4v) is 0.144. The molecule has 0 unspecified atom stereocenters. The predicted molar refractivity (Wildman–Crippen MR) is 28.8 cm³/mol. The van der Waals surface area contributed by atoms with E-state index in [0.29, 0.717) is 0 Å². The fraction of sp³-hybridized carbons (Fsp3) is 1.00. The van der Waals surface area contributed by atoms with Gasteiger partial charge in [-0.15, -0.1) is 0 Å². The summed E-state index contributed by atoms with van der Waals surface area (Å²) < 4.78 is 34.7. The van der Waals surface area contributed by atoms with Crippen molar-refractivity contribution in [3.63, 3.8) is 0 Å². The Balaban J connectivity index is 4.22. The molecule has 6 heavy (non-hydrogen) atoms. The largest absolute Gasteiger partial charge is 0.315 e. The lowest BCUT2D eigenvalue weighted by Crippen LogP contribution is -2.21. The van der Waals surface area contributed by atoms with Gasteiger partial charge in [0.05, 0.1) is 0 Å². The van der Waals surface area contributed by atoms with E-state index in [1.165, 1.54) is 0 Å². The first kappa shape index (κ1) is 1.48. The van der Waals surface area contributed by atoms with E-state index in [4.69, 9.17) is 6.85 Å². The molecule has 0 spiro atoms. The Hall–Kier alpha value is -0.0400. The molecule has 0 saturated carbocycles. The Kier molecular flexibility index (Phi) is 0.779. The monoisotopic (exact) mass is 92.1 g/mol. The minimum atomic E-state index is -2.60. The molecule has 1 N–H and O–H groups in total. The highest BCUT2D eigenvalue weighted by molar-refractivity contribution is 4.46. The van der Waals surface area contributed by atoms with E-state index in [0.717, 1.165) is 0 Å². The van der Waals surface area contributed by atoms with E-state index in [9.17, 15) is 0 Å². The topological polar surface area (TPSA) is 12.0 Å². The van der Waals surface area contributed by atoms with Crippen LogP contribution in [0.25, 0.3) is 0 Å². The third kappa shape index (κ3) is 3.96. The van der Waals surface area contributed by atoms with E-state index in [1.54, 1.807) is 13.8 Å². The molecule has 0 aromatic heterocycles. The molecule has 0 heterocycles. The number of rotatable bonds is 2. The Morgan fingerprint density at radius 2 is 2.67 bits per heavy atom. The van der Waals surface area contributed by atoms with Crippen LogP contribution in [-0.4, -0.2) is 12.5 Å². The number of hydrogen-bond acceptors (Lipinski definition) is 1. The molecule has 0 saturated heterocycles. The van der Waals surface area contributed by atoms with Gasteiger partial charge in [0.25, 0.3) is 0 Å². The third-order valence-corrected chi connectivity index (χ3v) is 0.361. The van der Waals surface area contributed by atoms with Crippen LogP contribution in [0.2, 0.25) is 0 Å². The average molecular weight is 92.2 g/mol. The van der Waals surface area contributed by atoms with Crippen molar-refractivity contribution in [3.8, 4) is 0 Å². The van der Waals surface area contributed by atoms with Gasteiger partial charge in [0.15, 0.2) is 0 Å². The highest BCUT2D eigenvalue weighted by atomic mass is 14.9. The van der Waals surface area contributed by atoms with Gasteiger partial charge in [0, 0.05) is 12.9 Å². The second-order valence-electron chi connectivity index (χ2n) is 1.42. The van der Waals surface area contributed by atoms with Gasteiger partial charge in [-0.2, -0.15) is 0 Å². The minimum absolute atomic E-state index is 0.176. The van der Waals surface area contributed by atoms with E-state index >= 15 is 0 Å². The average Bonchev–Trinajstić information content (AvgIpc) is 1.56. The molecule has 0 bridgehead atoms. The molecule has 0 amide bonds. The molecule has 0 aliphatic heterocycles. The molecule has 1 nitrogen and oxygen atoms in total. The lowest BCUT2D eigenvalue weighted by atomic mass is 10.4. The summed E-state index contributed by atoms with van der Waals surface area (Å²) in [5.41, 5.74) is 0. The van der Waals surface area contributed by atoms with Crippen LogP contribution in [-0.2, 0) is 0 Å². The van der Waals surface area contributed by atoms with Crippen molar-refractivity contribution in [3.05, 3.63) is 0 Å². The molecule has 0 aromatic rings. The van der Waals surface area contributed by atoms with Crippen LogP contribution in [0.4, 0.5) is 0 Å². The Morgan fingerprint density at radius 3 is 2.83 bits per heavy atom. The molecule has 0 aliphatic rings. The van der Waals surface area contributed by atoms with Crippen molar-refractivity contribution in [2.45, 2.75) is 26.7 Å². The van der Waals surface area contributed by atoms with Gasteiger partial charge >= 0.3 is 0 Å². The number of hydrogen-bond donors (Lipinski definition) is 1. The third-order valence-electron chi connectivity index (χ3n) is 0.361. The highest BCUT2D eigenvalue weighted by Gasteiger charge is 1.82. The van der Waals surface area contributed by atoms with Crippen LogP contribution >= 0.6 is 0 Å². The van der Waals surface area contributed by atoms with E-state index in [1.807, 2.05) is 0 Å². The summed E-state index contributed by atoms with van der Waals surface area (Å²) in [5, 5.41) is 2.33. The van der Waals surface area contributed by atoms with Crippen molar-refractivity contribution >= 4 is 0 Å². The molecular weight excluding hydrogens is 74.1 g/mol. The van der Waals surface area contributed by atoms with Gasteiger partial charge in [0.2, 0.25) is 0 Å². The van der Waals surface area contributed by atoms with Gasteiger partial charge in [-0.25, -0.2) is 0 Å². The standard InChI is InChI=1S/C5H13N/c1-4-6-5(2)3/h5-6H,4H2,1-3H3/i1D3,4D2. The van der Waals surface area contributed by atoms with E-state index in [-0.39, 0.29) is 6.04 Å². The highest BCUT2D eigenvalue weighted by Crippen LogP contribution is 1.70. The zero-order valence-electron chi connectivity index (χ0n) is 9.08. The maximum Gasteiger partial charge on any atom is 0.0425 e. The maximum atomic E-state index is 7.10. The van der Waals surface area contributed by atoms with Crippen LogP contribution in [0.15, 0.2) is 0 Å². The summed E-state index contributed by atoms with van der Waals surface area (Å²) in [6.07, 6.45) is 0. The first-order valence-corrected chi connectivity index (χ1v) is 1.94. The van der Waals surface area contributed by atoms with Crippen LogP contribution in [0.3, 0.4) is 0 Å². The zero-order chi connectivity index (χ0) is 9.28. The molecular formula is C5H13N. The second-order valence-corrected chi connectivity index (χ2v) is 1.42. The molecule has 0 aliphatic carbocycles. The van der Waals surface area contributed by atoms with Crippen LogP contribution < -0.4 is 5.32 Å². The Labute approximate surface area is 46.8 Å². The van der Waals surface area contributed by atoms with Crippen LogP contribution in [0.5, 0.6) is 0 Å². The first-order valence-electron chi connectivity index (χ1n) is 4.44. The Morgan fingerprint density at radius 1 is 2.00 bits per heavy atom. The lowest BCUT2D eigenvalue weighted by Gasteiger charge is -2.00. The molecule has 0 atom stereocenters. The van der Waals surface area contributed by atoms with E-state index in [2.05, 4.69) is 5.32 Å². The fourth-order valence-electron chi connectivity index (χ4n) is 0.144. The van der Waals surface area contributed by atoms with Crippen LogP contribution in [0.1, 0.15) is 27.6 Å². The van der Waals surface area contributed by atoms with Crippen molar-refractivity contribution in [1.82, 2.24) is 5.32 Å². The predicted octanol–water partition coefficient (Wildman–Crippen LogP) is 1.00. The van der Waals surface area contributed by atoms with Gasteiger partial charge in [0.1, 0.15) is 0 Å². The molecule has 0 rings (SSSR count). The van der Waals surface area contributed by atoms with Crippen molar-refractivity contribution in [2.24, 2.45) is 0 Å². The molecule has 1 heteroatoms. The summed E-state index contributed by atoms with van der Waals surface area (Å²) in [6, 6.07) is -0.176. The molecule has 0 radical (unpaired) electrons. The molecule has 0 aromatic carbocycles. The first-order chi connectivity index (χ1) is 4.67. The SMILES string of the molecule is [2H]C([2H])([2H])C([2H])([2H])NC(C)C. The molecule has 38 valence electrons. The van der Waals surface area contributed by atoms with Crippen molar-refractivity contribution in [1.29, 1.82) is 0 Å². The maximum absolute atomic E-state index is 7.10. The van der Waals surface area contributed by atoms with Crippen LogP contribution in [0, 0.1) is 0 Å². The lowest BCUT2D eigenvalue weighted by molar-refractivity contribution is 0.613. The van der Waals surface area contributed by atoms with Gasteiger partial charge in [-0.1, -0.05) is 20.7 Å². The van der Waals surface area contributed by atoms with Crippen molar-refractivity contribution < 1.29 is 6.85 Å².